The van der Waals surface area contributed by atoms with Gasteiger partial charge < -0.3 is 0 Å². The molecule has 0 spiro atoms. The molecule has 0 bridgehead atoms. The first-order valence-corrected chi connectivity index (χ1v) is 7.46. The molecule has 0 radical (unpaired) electrons. The van der Waals surface area contributed by atoms with E-state index >= 15 is 0 Å². The molecule has 1 aliphatic rings. The Morgan fingerprint density at radius 2 is 2.05 bits per heavy atom. The van der Waals surface area contributed by atoms with Crippen LogP contribution in [0.3, 0.4) is 0 Å². The fraction of sp³-hybridized carbons (Fsp3) is 0.316. The standard InChI is InChI=1S/C19H21N/c1-4-14-9-16-11-15(13(2)3)12-18(17(16)10-14)19-7-5-6-8-20-19/h5-8,10-13H,4,9H2,1-3H3. The highest BCUT2D eigenvalue weighted by Crippen LogP contribution is 2.36. The van der Waals surface area contributed by atoms with Gasteiger partial charge in [0.15, 0.2) is 0 Å². The Morgan fingerprint density at radius 3 is 2.70 bits per heavy atom. The monoisotopic (exact) mass is 263 g/mol. The van der Waals surface area contributed by atoms with Gasteiger partial charge in [-0.3, -0.25) is 4.98 Å². The summed E-state index contributed by atoms with van der Waals surface area (Å²) >= 11 is 0. The van der Waals surface area contributed by atoms with Crippen LogP contribution in [0.1, 0.15) is 49.8 Å². The van der Waals surface area contributed by atoms with E-state index in [0.29, 0.717) is 5.92 Å². The van der Waals surface area contributed by atoms with Gasteiger partial charge in [-0.1, -0.05) is 44.6 Å². The molecule has 0 unspecified atom stereocenters. The Kier molecular flexibility index (Phi) is 3.43. The summed E-state index contributed by atoms with van der Waals surface area (Å²) in [5, 5.41) is 0. The summed E-state index contributed by atoms with van der Waals surface area (Å²) in [6.07, 6.45) is 6.48. The van der Waals surface area contributed by atoms with Gasteiger partial charge in [0.1, 0.15) is 0 Å². The van der Waals surface area contributed by atoms with E-state index in [4.69, 9.17) is 0 Å². The highest BCUT2D eigenvalue weighted by Gasteiger charge is 2.18. The molecule has 0 saturated carbocycles. The van der Waals surface area contributed by atoms with Crippen LogP contribution in [0.15, 0.2) is 42.1 Å². The minimum atomic E-state index is 0.549. The first-order valence-electron chi connectivity index (χ1n) is 7.46. The molecule has 0 saturated heterocycles. The van der Waals surface area contributed by atoms with Crippen LogP contribution in [-0.4, -0.2) is 4.98 Å². The van der Waals surface area contributed by atoms with Gasteiger partial charge in [0.2, 0.25) is 0 Å². The number of benzene rings is 1. The molecule has 102 valence electrons. The number of aromatic nitrogens is 1. The van der Waals surface area contributed by atoms with Gasteiger partial charge in [-0.15, -0.1) is 0 Å². The maximum absolute atomic E-state index is 4.55. The lowest BCUT2D eigenvalue weighted by molar-refractivity contribution is 0.863. The topological polar surface area (TPSA) is 12.9 Å². The van der Waals surface area contributed by atoms with Gasteiger partial charge in [-0.05, 0) is 53.6 Å². The highest BCUT2D eigenvalue weighted by molar-refractivity contribution is 5.80. The quantitative estimate of drug-likeness (QED) is 0.739. The molecule has 0 amide bonds. The zero-order chi connectivity index (χ0) is 14.1. The number of fused-ring (bicyclic) bond motifs is 1. The predicted octanol–water partition coefficient (Wildman–Crippen LogP) is 5.22. The number of nitrogens with zero attached hydrogens (tertiary/aromatic N) is 1. The average molecular weight is 263 g/mol. The molecule has 3 rings (SSSR count). The van der Waals surface area contributed by atoms with Crippen molar-refractivity contribution in [3.05, 3.63) is 58.8 Å². The van der Waals surface area contributed by atoms with E-state index in [0.717, 1.165) is 18.5 Å². The van der Waals surface area contributed by atoms with Gasteiger partial charge in [-0.2, -0.15) is 0 Å². The highest BCUT2D eigenvalue weighted by atomic mass is 14.7. The molecule has 1 nitrogen and oxygen atoms in total. The molecule has 20 heavy (non-hydrogen) atoms. The van der Waals surface area contributed by atoms with Crippen LogP contribution in [0.5, 0.6) is 0 Å². The molecular weight excluding hydrogens is 242 g/mol. The predicted molar refractivity (Wildman–Crippen MR) is 85.7 cm³/mol. The Morgan fingerprint density at radius 1 is 1.20 bits per heavy atom. The fourth-order valence-electron chi connectivity index (χ4n) is 2.85. The SMILES string of the molecule is CCC1=Cc2c(cc(C(C)C)cc2-c2ccccn2)C1. The normalized spacial score (nSPS) is 13.5. The summed E-state index contributed by atoms with van der Waals surface area (Å²) in [7, 11) is 0. The van der Waals surface area contributed by atoms with E-state index in [9.17, 15) is 0 Å². The van der Waals surface area contributed by atoms with E-state index in [1.165, 1.54) is 27.8 Å². The van der Waals surface area contributed by atoms with E-state index < -0.39 is 0 Å². The van der Waals surface area contributed by atoms with Crippen molar-refractivity contribution in [1.82, 2.24) is 4.98 Å². The van der Waals surface area contributed by atoms with Crippen molar-refractivity contribution < 1.29 is 0 Å². The third kappa shape index (κ3) is 2.29. The van der Waals surface area contributed by atoms with Crippen molar-refractivity contribution in [1.29, 1.82) is 0 Å². The van der Waals surface area contributed by atoms with Crippen molar-refractivity contribution in [3.8, 4) is 11.3 Å². The summed E-state index contributed by atoms with van der Waals surface area (Å²) in [4.78, 5) is 4.55. The van der Waals surface area contributed by atoms with Crippen LogP contribution in [-0.2, 0) is 6.42 Å². The second-order valence-corrected chi connectivity index (χ2v) is 5.84. The van der Waals surface area contributed by atoms with Gasteiger partial charge in [0, 0.05) is 11.8 Å². The number of allylic oxidation sites excluding steroid dienone is 1. The molecule has 0 fully saturated rings. The van der Waals surface area contributed by atoms with Gasteiger partial charge in [0.05, 0.1) is 5.69 Å². The van der Waals surface area contributed by atoms with Crippen molar-refractivity contribution in [3.63, 3.8) is 0 Å². The molecule has 1 heterocycles. The number of hydrogen-bond donors (Lipinski definition) is 0. The van der Waals surface area contributed by atoms with Crippen molar-refractivity contribution in [2.45, 2.75) is 39.5 Å². The van der Waals surface area contributed by atoms with Crippen LogP contribution < -0.4 is 0 Å². The summed E-state index contributed by atoms with van der Waals surface area (Å²) < 4.78 is 0. The first kappa shape index (κ1) is 13.1. The van der Waals surface area contributed by atoms with Gasteiger partial charge in [-0.25, -0.2) is 0 Å². The maximum atomic E-state index is 4.55. The Bertz CT molecular complexity index is 651. The van der Waals surface area contributed by atoms with Crippen LogP contribution in [0.25, 0.3) is 17.3 Å². The second-order valence-electron chi connectivity index (χ2n) is 5.84. The van der Waals surface area contributed by atoms with Crippen molar-refractivity contribution in [2.24, 2.45) is 0 Å². The zero-order valence-electron chi connectivity index (χ0n) is 12.5. The van der Waals surface area contributed by atoms with E-state index in [1.54, 1.807) is 0 Å². The summed E-state index contributed by atoms with van der Waals surface area (Å²) in [5.41, 5.74) is 8.15. The molecule has 2 aromatic rings. The molecule has 0 aliphatic heterocycles. The van der Waals surface area contributed by atoms with Crippen LogP contribution in [0.4, 0.5) is 0 Å². The summed E-state index contributed by atoms with van der Waals surface area (Å²) in [6, 6.07) is 10.9. The van der Waals surface area contributed by atoms with Crippen molar-refractivity contribution >= 4 is 6.08 Å². The van der Waals surface area contributed by atoms with E-state index in [2.05, 4.69) is 56.1 Å². The molecular formula is C19H21N. The minimum absolute atomic E-state index is 0.549. The number of rotatable bonds is 3. The van der Waals surface area contributed by atoms with Gasteiger partial charge in [0.25, 0.3) is 0 Å². The third-order valence-corrected chi connectivity index (χ3v) is 4.12. The average Bonchev–Trinajstić information content (AvgIpc) is 2.90. The van der Waals surface area contributed by atoms with Crippen LogP contribution in [0, 0.1) is 0 Å². The van der Waals surface area contributed by atoms with Crippen LogP contribution >= 0.6 is 0 Å². The molecule has 1 heteroatoms. The first-order chi connectivity index (χ1) is 9.69. The zero-order valence-corrected chi connectivity index (χ0v) is 12.5. The number of hydrogen-bond acceptors (Lipinski definition) is 1. The van der Waals surface area contributed by atoms with Crippen LogP contribution in [0.2, 0.25) is 0 Å². The molecule has 1 aromatic heterocycles. The minimum Gasteiger partial charge on any atom is -0.256 e. The lowest BCUT2D eigenvalue weighted by atomic mass is 9.92. The Hall–Kier alpha value is -1.89. The molecule has 0 N–H and O–H groups in total. The van der Waals surface area contributed by atoms with E-state index in [1.807, 2.05) is 12.3 Å². The fourth-order valence-corrected chi connectivity index (χ4v) is 2.85. The second kappa shape index (κ2) is 5.24. The Labute approximate surface area is 121 Å². The Balaban J connectivity index is 2.19. The lowest BCUT2D eigenvalue weighted by Gasteiger charge is -2.13. The smallest absolute Gasteiger partial charge is 0.0708 e. The lowest BCUT2D eigenvalue weighted by Crippen LogP contribution is -1.96. The molecule has 0 atom stereocenters. The third-order valence-electron chi connectivity index (χ3n) is 4.12. The van der Waals surface area contributed by atoms with E-state index in [-0.39, 0.29) is 0 Å². The largest absolute Gasteiger partial charge is 0.256 e. The summed E-state index contributed by atoms with van der Waals surface area (Å²) in [6.45, 7) is 6.75. The molecule has 1 aromatic carbocycles. The van der Waals surface area contributed by atoms with Gasteiger partial charge >= 0.3 is 0 Å². The number of pyridine rings is 1. The maximum Gasteiger partial charge on any atom is 0.0708 e. The van der Waals surface area contributed by atoms with Crippen molar-refractivity contribution in [2.75, 3.05) is 0 Å². The summed E-state index contributed by atoms with van der Waals surface area (Å²) in [5.74, 6) is 0.549. The molecule has 1 aliphatic carbocycles.